The highest BCUT2D eigenvalue weighted by atomic mass is 15.3. The van der Waals surface area contributed by atoms with Gasteiger partial charge in [0.15, 0.2) is 0 Å². The molecule has 0 saturated carbocycles. The fraction of sp³-hybridized carbons (Fsp3) is 1.00. The van der Waals surface area contributed by atoms with Crippen molar-refractivity contribution in [2.45, 2.75) is 99.7 Å². The molecule has 0 atom stereocenters. The van der Waals surface area contributed by atoms with Gasteiger partial charge in [-0.2, -0.15) is 0 Å². The third-order valence-corrected chi connectivity index (χ3v) is 4.33. The Balaban J connectivity index is 0.000000470. The summed E-state index contributed by atoms with van der Waals surface area (Å²) in [4.78, 5) is 5.16. The lowest BCUT2D eigenvalue weighted by Gasteiger charge is -2.46. The molecule has 1 aliphatic rings. The van der Waals surface area contributed by atoms with Crippen LogP contribution in [0.5, 0.6) is 0 Å². The minimum atomic E-state index is 0.257. The Morgan fingerprint density at radius 2 is 0.875 bits per heavy atom. The van der Waals surface area contributed by atoms with Gasteiger partial charge in [0, 0.05) is 49.3 Å². The molecule has 24 heavy (non-hydrogen) atoms. The average Bonchev–Trinajstić information content (AvgIpc) is 2.34. The van der Waals surface area contributed by atoms with Crippen LogP contribution in [0.2, 0.25) is 0 Å². The van der Waals surface area contributed by atoms with Crippen LogP contribution in [0.3, 0.4) is 0 Å². The van der Waals surface area contributed by atoms with Crippen LogP contribution in [0.25, 0.3) is 0 Å². The molecule has 1 saturated heterocycles. The standard InChI is InChI=1S/C12H26N2.C9H21N/c1-11(2,3)13-7-9-14(10-8-13)12(4,5)6;1-8(2,3)7-10-9(4,5)6/h7-10H2,1-6H3;10H,7H2,1-6H3. The first kappa shape index (κ1) is 23.9. The van der Waals surface area contributed by atoms with E-state index in [9.17, 15) is 0 Å². The van der Waals surface area contributed by atoms with E-state index in [-0.39, 0.29) is 5.54 Å². The SMILES string of the molecule is CC(C)(C)CNC(C)(C)C.CC(C)(C)N1CCN(C(C)(C)C)CC1. The van der Waals surface area contributed by atoms with Crippen molar-refractivity contribution in [1.29, 1.82) is 0 Å². The third kappa shape index (κ3) is 11.4. The van der Waals surface area contributed by atoms with E-state index in [4.69, 9.17) is 0 Å². The quantitative estimate of drug-likeness (QED) is 0.750. The van der Waals surface area contributed by atoms with Crippen LogP contribution in [0.1, 0.15) is 83.1 Å². The first-order valence-electron chi connectivity index (χ1n) is 9.67. The van der Waals surface area contributed by atoms with Crippen LogP contribution in [0.4, 0.5) is 0 Å². The van der Waals surface area contributed by atoms with E-state index in [1.165, 1.54) is 26.2 Å². The highest BCUT2D eigenvalue weighted by Crippen LogP contribution is 2.20. The minimum absolute atomic E-state index is 0.257. The number of hydrogen-bond donors (Lipinski definition) is 1. The average molecular weight is 342 g/mol. The van der Waals surface area contributed by atoms with Gasteiger partial charge in [-0.05, 0) is 67.7 Å². The van der Waals surface area contributed by atoms with Gasteiger partial charge in [0.05, 0.1) is 0 Å². The largest absolute Gasteiger partial charge is 0.312 e. The Labute approximate surface area is 153 Å². The number of hydrogen-bond acceptors (Lipinski definition) is 3. The second-order valence-electron chi connectivity index (χ2n) is 11.5. The molecule has 0 radical (unpaired) electrons. The van der Waals surface area contributed by atoms with Crippen molar-refractivity contribution in [3.63, 3.8) is 0 Å². The van der Waals surface area contributed by atoms with E-state index in [1.54, 1.807) is 0 Å². The molecular weight excluding hydrogens is 294 g/mol. The van der Waals surface area contributed by atoms with Gasteiger partial charge in [-0.25, -0.2) is 0 Å². The molecular formula is C21H47N3. The second-order valence-corrected chi connectivity index (χ2v) is 11.5. The van der Waals surface area contributed by atoms with Crippen molar-refractivity contribution >= 4 is 0 Å². The zero-order chi connectivity index (χ0) is 19.4. The maximum Gasteiger partial charge on any atom is 0.0126 e. The molecule has 1 fully saturated rings. The lowest BCUT2D eigenvalue weighted by Crippen LogP contribution is -2.57. The normalized spacial score (nSPS) is 19.0. The zero-order valence-corrected chi connectivity index (χ0v) is 18.9. The van der Waals surface area contributed by atoms with Crippen LogP contribution in [-0.4, -0.2) is 59.1 Å². The van der Waals surface area contributed by atoms with Crippen LogP contribution in [0.15, 0.2) is 0 Å². The Bertz CT molecular complexity index is 303. The molecule has 0 aliphatic carbocycles. The summed E-state index contributed by atoms with van der Waals surface area (Å²) in [6.45, 7) is 33.1. The molecule has 0 aromatic carbocycles. The first-order valence-corrected chi connectivity index (χ1v) is 9.67. The molecule has 0 aromatic rings. The molecule has 3 nitrogen and oxygen atoms in total. The summed E-state index contributed by atoms with van der Waals surface area (Å²) in [6.07, 6.45) is 0. The number of rotatable bonds is 1. The van der Waals surface area contributed by atoms with Gasteiger partial charge in [-0.1, -0.05) is 20.8 Å². The predicted octanol–water partition coefficient (Wildman–Crippen LogP) is 4.62. The predicted molar refractivity (Wildman–Crippen MR) is 110 cm³/mol. The molecule has 1 heterocycles. The number of nitrogens with zero attached hydrogens (tertiary/aromatic N) is 2. The lowest BCUT2D eigenvalue weighted by atomic mass is 9.95. The zero-order valence-electron chi connectivity index (χ0n) is 18.9. The molecule has 146 valence electrons. The van der Waals surface area contributed by atoms with E-state index >= 15 is 0 Å². The van der Waals surface area contributed by atoms with E-state index < -0.39 is 0 Å². The van der Waals surface area contributed by atoms with Crippen molar-refractivity contribution < 1.29 is 0 Å². The van der Waals surface area contributed by atoms with Crippen molar-refractivity contribution in [3.8, 4) is 0 Å². The highest BCUT2D eigenvalue weighted by molar-refractivity contribution is 4.86. The van der Waals surface area contributed by atoms with Gasteiger partial charge in [0.1, 0.15) is 0 Å². The maximum absolute atomic E-state index is 3.46. The maximum atomic E-state index is 3.46. The van der Waals surface area contributed by atoms with Crippen LogP contribution in [0, 0.1) is 5.41 Å². The fourth-order valence-corrected chi connectivity index (χ4v) is 2.58. The second kappa shape index (κ2) is 8.51. The van der Waals surface area contributed by atoms with E-state index in [0.29, 0.717) is 16.5 Å². The van der Waals surface area contributed by atoms with Gasteiger partial charge in [0.25, 0.3) is 0 Å². The summed E-state index contributed by atoms with van der Waals surface area (Å²) in [7, 11) is 0. The number of piperazine rings is 1. The summed E-state index contributed by atoms with van der Waals surface area (Å²) >= 11 is 0. The summed E-state index contributed by atoms with van der Waals surface area (Å²) in [5, 5.41) is 3.46. The smallest absolute Gasteiger partial charge is 0.0126 e. The molecule has 1 rings (SSSR count). The monoisotopic (exact) mass is 341 g/mol. The summed E-state index contributed by atoms with van der Waals surface area (Å²) < 4.78 is 0. The van der Waals surface area contributed by atoms with Gasteiger partial charge >= 0.3 is 0 Å². The Kier molecular flexibility index (Phi) is 8.47. The van der Waals surface area contributed by atoms with E-state index in [0.717, 1.165) is 6.54 Å². The lowest BCUT2D eigenvalue weighted by molar-refractivity contribution is 0.0211. The topological polar surface area (TPSA) is 18.5 Å². The molecule has 0 spiro atoms. The summed E-state index contributed by atoms with van der Waals surface area (Å²) in [6, 6.07) is 0. The van der Waals surface area contributed by atoms with Crippen molar-refractivity contribution in [2.24, 2.45) is 5.41 Å². The van der Waals surface area contributed by atoms with Crippen LogP contribution in [-0.2, 0) is 0 Å². The van der Waals surface area contributed by atoms with E-state index in [2.05, 4.69) is 98.2 Å². The summed E-state index contributed by atoms with van der Waals surface area (Å²) in [5.41, 5.74) is 1.33. The molecule has 0 bridgehead atoms. The number of nitrogens with one attached hydrogen (secondary N) is 1. The Morgan fingerprint density at radius 1 is 0.583 bits per heavy atom. The molecule has 1 N–H and O–H groups in total. The Morgan fingerprint density at radius 3 is 1.00 bits per heavy atom. The Hall–Kier alpha value is -0.120. The molecule has 1 aliphatic heterocycles. The fourth-order valence-electron chi connectivity index (χ4n) is 2.58. The van der Waals surface area contributed by atoms with Gasteiger partial charge in [-0.15, -0.1) is 0 Å². The molecule has 0 amide bonds. The molecule has 0 aromatic heterocycles. The van der Waals surface area contributed by atoms with Gasteiger partial charge in [0.2, 0.25) is 0 Å². The third-order valence-electron chi connectivity index (χ3n) is 4.33. The molecule has 3 heteroatoms. The van der Waals surface area contributed by atoms with Crippen molar-refractivity contribution in [3.05, 3.63) is 0 Å². The van der Waals surface area contributed by atoms with Gasteiger partial charge < -0.3 is 5.32 Å². The van der Waals surface area contributed by atoms with E-state index in [1.807, 2.05) is 0 Å². The first-order chi connectivity index (χ1) is 10.4. The minimum Gasteiger partial charge on any atom is -0.312 e. The highest BCUT2D eigenvalue weighted by Gasteiger charge is 2.30. The summed E-state index contributed by atoms with van der Waals surface area (Å²) in [5.74, 6) is 0. The van der Waals surface area contributed by atoms with Crippen LogP contribution < -0.4 is 5.32 Å². The van der Waals surface area contributed by atoms with Crippen LogP contribution >= 0.6 is 0 Å². The molecule has 0 unspecified atom stereocenters. The van der Waals surface area contributed by atoms with Gasteiger partial charge in [-0.3, -0.25) is 9.80 Å². The van der Waals surface area contributed by atoms with Crippen molar-refractivity contribution in [2.75, 3.05) is 32.7 Å². The van der Waals surface area contributed by atoms with Crippen molar-refractivity contribution in [1.82, 2.24) is 15.1 Å².